The number of ether oxygens (including phenoxy) is 3. The number of hydrogen-bond acceptors (Lipinski definition) is 9. The molecule has 12 heteroatoms. The minimum atomic E-state index is -3.54. The van der Waals surface area contributed by atoms with Crippen molar-refractivity contribution in [1.82, 2.24) is 9.55 Å². The molecule has 1 aliphatic rings. The zero-order valence-electron chi connectivity index (χ0n) is 18.3. The SMILES string of the molecule is CO[C@@H]1C[C@H](OC(=O)c2ccccc2)C(/C=C/P(=O)(OC)OC)O[C@H]1n1ccc(=O)[nH]c1=O. The maximum atomic E-state index is 12.7. The molecule has 1 saturated heterocycles. The second-order valence-corrected chi connectivity index (χ2v) is 9.18. The highest BCUT2D eigenvalue weighted by atomic mass is 31.2. The summed E-state index contributed by atoms with van der Waals surface area (Å²) < 4.78 is 40.7. The molecule has 1 aromatic heterocycles. The molecule has 3 rings (SSSR count). The van der Waals surface area contributed by atoms with E-state index in [0.29, 0.717) is 5.56 Å². The van der Waals surface area contributed by atoms with E-state index in [4.69, 9.17) is 23.3 Å². The normalized spacial score (nSPS) is 23.5. The van der Waals surface area contributed by atoms with Crippen molar-refractivity contribution in [3.63, 3.8) is 0 Å². The van der Waals surface area contributed by atoms with Crippen molar-refractivity contribution >= 4 is 13.6 Å². The summed E-state index contributed by atoms with van der Waals surface area (Å²) in [5, 5.41) is 0. The largest absolute Gasteiger partial charge is 0.456 e. The van der Waals surface area contributed by atoms with Crippen LogP contribution in [-0.4, -0.2) is 55.2 Å². The van der Waals surface area contributed by atoms with Gasteiger partial charge in [0.1, 0.15) is 18.3 Å². The third-order valence-electron chi connectivity index (χ3n) is 5.11. The predicted molar refractivity (Wildman–Crippen MR) is 117 cm³/mol. The molecular formula is C21H25N2O9P. The van der Waals surface area contributed by atoms with Crippen molar-refractivity contribution in [2.75, 3.05) is 21.3 Å². The van der Waals surface area contributed by atoms with Gasteiger partial charge in [0.2, 0.25) is 0 Å². The summed E-state index contributed by atoms with van der Waals surface area (Å²) >= 11 is 0. The van der Waals surface area contributed by atoms with E-state index in [9.17, 15) is 18.9 Å². The summed E-state index contributed by atoms with van der Waals surface area (Å²) in [6.45, 7) is 0. The minimum absolute atomic E-state index is 0.143. The molecule has 178 valence electrons. The van der Waals surface area contributed by atoms with Crippen LogP contribution in [0.25, 0.3) is 0 Å². The summed E-state index contributed by atoms with van der Waals surface area (Å²) in [4.78, 5) is 38.6. The lowest BCUT2D eigenvalue weighted by atomic mass is 10.0. The number of hydrogen-bond donors (Lipinski definition) is 1. The molecule has 11 nitrogen and oxygen atoms in total. The topological polar surface area (TPSA) is 135 Å². The lowest BCUT2D eigenvalue weighted by Crippen LogP contribution is -2.49. The van der Waals surface area contributed by atoms with Gasteiger partial charge in [-0.15, -0.1) is 0 Å². The van der Waals surface area contributed by atoms with Crippen molar-refractivity contribution in [3.05, 3.63) is 80.9 Å². The van der Waals surface area contributed by atoms with Crippen molar-refractivity contribution in [1.29, 1.82) is 0 Å². The fraction of sp³-hybridized carbons (Fsp3) is 0.381. The first-order chi connectivity index (χ1) is 15.8. The Morgan fingerprint density at radius 3 is 2.42 bits per heavy atom. The first-order valence-electron chi connectivity index (χ1n) is 9.96. The van der Waals surface area contributed by atoms with Crippen LogP contribution < -0.4 is 11.2 Å². The molecule has 0 bridgehead atoms. The standard InChI is InChI=1S/C21H25N2O9P/c1-28-17-13-16(32-20(25)14-7-5-4-6-8-14)15(10-12-33(27,29-2)30-3)31-19(17)23-11-9-18(24)22-21(23)26/h4-12,15-17,19H,13H2,1-3H3,(H,22,24,26)/b12-10+/t15?,16-,17+,19+/m0/s1. The third-order valence-corrected chi connectivity index (χ3v) is 6.66. The number of carbonyl (C=O) groups is 1. The number of carbonyl (C=O) groups excluding carboxylic acids is 1. The molecule has 0 aliphatic carbocycles. The van der Waals surface area contributed by atoms with Gasteiger partial charge in [0.15, 0.2) is 6.23 Å². The number of aromatic amines is 1. The highest BCUT2D eigenvalue weighted by Gasteiger charge is 2.41. The zero-order chi connectivity index (χ0) is 24.0. The van der Waals surface area contributed by atoms with E-state index in [2.05, 4.69) is 4.98 Å². The first kappa shape index (κ1) is 24.8. The van der Waals surface area contributed by atoms with Crippen LogP contribution in [0.2, 0.25) is 0 Å². The maximum Gasteiger partial charge on any atom is 0.353 e. The average Bonchev–Trinajstić information content (AvgIpc) is 2.83. The fourth-order valence-electron chi connectivity index (χ4n) is 3.35. The van der Waals surface area contributed by atoms with Crippen molar-refractivity contribution in [3.8, 4) is 0 Å². The minimum Gasteiger partial charge on any atom is -0.456 e. The van der Waals surface area contributed by atoms with Gasteiger partial charge in [-0.1, -0.05) is 18.2 Å². The summed E-state index contributed by atoms with van der Waals surface area (Å²) in [5.41, 5.74) is -0.919. The Balaban J connectivity index is 1.94. The number of rotatable bonds is 8. The van der Waals surface area contributed by atoms with Gasteiger partial charge in [0.25, 0.3) is 5.56 Å². The van der Waals surface area contributed by atoms with Gasteiger partial charge >= 0.3 is 19.3 Å². The molecule has 0 saturated carbocycles. The molecule has 4 atom stereocenters. The molecule has 1 aromatic carbocycles. The van der Waals surface area contributed by atoms with Crippen molar-refractivity contribution in [2.45, 2.75) is 31.0 Å². The third kappa shape index (κ3) is 5.95. The van der Waals surface area contributed by atoms with E-state index in [1.807, 2.05) is 0 Å². The van der Waals surface area contributed by atoms with E-state index in [1.54, 1.807) is 30.3 Å². The van der Waals surface area contributed by atoms with Crippen molar-refractivity contribution < 1.29 is 32.6 Å². The molecule has 1 N–H and O–H groups in total. The van der Waals surface area contributed by atoms with Crippen molar-refractivity contribution in [2.24, 2.45) is 0 Å². The van der Waals surface area contributed by atoms with Crippen LogP contribution in [0.15, 0.2) is 64.1 Å². The van der Waals surface area contributed by atoms with E-state index >= 15 is 0 Å². The molecule has 1 aliphatic heterocycles. The number of H-pyrrole nitrogens is 1. The number of benzene rings is 1. The molecule has 0 spiro atoms. The second-order valence-electron chi connectivity index (χ2n) is 7.07. The summed E-state index contributed by atoms with van der Waals surface area (Å²) in [6, 6.07) is 9.57. The maximum absolute atomic E-state index is 12.7. The number of nitrogens with zero attached hydrogens (tertiary/aromatic N) is 1. The Kier molecular flexibility index (Phi) is 8.17. The van der Waals surface area contributed by atoms with Crippen LogP contribution >= 0.6 is 7.60 Å². The lowest BCUT2D eigenvalue weighted by Gasteiger charge is -2.39. The van der Waals surface area contributed by atoms with Gasteiger partial charge < -0.3 is 23.3 Å². The summed E-state index contributed by atoms with van der Waals surface area (Å²) in [6.07, 6.45) is -0.642. The van der Waals surface area contributed by atoms with E-state index in [0.717, 1.165) is 4.57 Å². The molecule has 2 heterocycles. The van der Waals surface area contributed by atoms with Crippen LogP contribution in [0.3, 0.4) is 0 Å². The van der Waals surface area contributed by atoms with Crippen LogP contribution in [0, 0.1) is 0 Å². The predicted octanol–water partition coefficient (Wildman–Crippen LogP) is 2.06. The Bertz CT molecular complexity index is 1140. The molecule has 2 aromatic rings. The quantitative estimate of drug-likeness (QED) is 0.445. The monoisotopic (exact) mass is 480 g/mol. The van der Waals surface area contributed by atoms with Gasteiger partial charge in [-0.05, 0) is 18.2 Å². The first-order valence-corrected chi connectivity index (χ1v) is 11.6. The Hall–Kier alpha value is -2.82. The Morgan fingerprint density at radius 1 is 1.12 bits per heavy atom. The lowest BCUT2D eigenvalue weighted by molar-refractivity contribution is -0.192. The summed E-state index contributed by atoms with van der Waals surface area (Å²) in [7, 11) is 0.338. The highest BCUT2D eigenvalue weighted by molar-refractivity contribution is 7.57. The number of methoxy groups -OCH3 is 1. The number of aromatic nitrogens is 2. The average molecular weight is 480 g/mol. The van der Waals surface area contributed by atoms with Crippen LogP contribution in [0.1, 0.15) is 23.0 Å². The molecular weight excluding hydrogens is 455 g/mol. The van der Waals surface area contributed by atoms with Crippen LogP contribution in [0.4, 0.5) is 0 Å². The van der Waals surface area contributed by atoms with Gasteiger partial charge in [-0.3, -0.25) is 18.9 Å². The molecule has 33 heavy (non-hydrogen) atoms. The van der Waals surface area contributed by atoms with Gasteiger partial charge in [-0.25, -0.2) is 9.59 Å². The molecule has 1 unspecified atom stereocenters. The number of esters is 1. The zero-order valence-corrected chi connectivity index (χ0v) is 19.2. The second kappa shape index (κ2) is 10.9. The Morgan fingerprint density at radius 2 is 1.82 bits per heavy atom. The van der Waals surface area contributed by atoms with Gasteiger partial charge in [-0.2, -0.15) is 0 Å². The van der Waals surface area contributed by atoms with E-state index in [-0.39, 0.29) is 6.42 Å². The Labute approximate surface area is 189 Å². The fourth-order valence-corrected chi connectivity index (χ4v) is 4.12. The molecule has 0 radical (unpaired) electrons. The van der Waals surface area contributed by atoms with Gasteiger partial charge in [0, 0.05) is 45.8 Å². The molecule has 0 amide bonds. The summed E-state index contributed by atoms with van der Waals surface area (Å²) in [5.74, 6) is 0.611. The van der Waals surface area contributed by atoms with Crippen LogP contribution in [-0.2, 0) is 27.8 Å². The highest BCUT2D eigenvalue weighted by Crippen LogP contribution is 2.48. The number of nitrogens with one attached hydrogen (secondary N) is 1. The molecule has 1 fully saturated rings. The smallest absolute Gasteiger partial charge is 0.353 e. The van der Waals surface area contributed by atoms with E-state index < -0.39 is 49.4 Å². The van der Waals surface area contributed by atoms with Crippen LogP contribution in [0.5, 0.6) is 0 Å². The van der Waals surface area contributed by atoms with Gasteiger partial charge in [0.05, 0.1) is 5.56 Å². The van der Waals surface area contributed by atoms with E-state index in [1.165, 1.54) is 45.5 Å².